The molecule has 0 aliphatic heterocycles. The summed E-state index contributed by atoms with van der Waals surface area (Å²) >= 11 is 0. The van der Waals surface area contributed by atoms with Gasteiger partial charge in [-0.25, -0.2) is 0 Å². The van der Waals surface area contributed by atoms with Crippen molar-refractivity contribution in [3.8, 4) is 0 Å². The minimum Gasteiger partial charge on any atom is -0.462 e. The second-order valence-electron chi connectivity index (χ2n) is 14.9. The van der Waals surface area contributed by atoms with Gasteiger partial charge in [-0.1, -0.05) is 183 Å². The van der Waals surface area contributed by atoms with Crippen molar-refractivity contribution in [2.75, 3.05) is 13.2 Å². The molecule has 0 N–H and O–H groups in total. The van der Waals surface area contributed by atoms with Crippen molar-refractivity contribution in [2.24, 2.45) is 0 Å². The number of ether oxygens (including phenoxy) is 3. The van der Waals surface area contributed by atoms with Gasteiger partial charge in [0.15, 0.2) is 6.10 Å². The Morgan fingerprint density at radius 3 is 1.33 bits per heavy atom. The Hall–Kier alpha value is -3.41. The summed E-state index contributed by atoms with van der Waals surface area (Å²) in [6, 6.07) is 0. The number of hydrogen-bond acceptors (Lipinski definition) is 6. The molecular formula is C51H84O6. The molecular weight excluding hydrogens is 709 g/mol. The summed E-state index contributed by atoms with van der Waals surface area (Å²) in [7, 11) is 0. The quantitative estimate of drug-likeness (QED) is 0.0202. The highest BCUT2D eigenvalue weighted by molar-refractivity contribution is 5.72. The predicted octanol–water partition coefficient (Wildman–Crippen LogP) is 14.9. The van der Waals surface area contributed by atoms with E-state index in [1.54, 1.807) is 6.08 Å². The zero-order valence-electron chi connectivity index (χ0n) is 36.8. The van der Waals surface area contributed by atoms with Gasteiger partial charge in [-0.05, 0) is 83.5 Å². The molecule has 0 saturated heterocycles. The first-order chi connectivity index (χ1) is 28.0. The minimum atomic E-state index is -0.823. The zero-order valence-corrected chi connectivity index (χ0v) is 36.8. The van der Waals surface area contributed by atoms with Gasteiger partial charge < -0.3 is 14.2 Å². The number of hydrogen-bond donors (Lipinski definition) is 0. The number of carbonyl (C=O) groups excluding carboxylic acids is 3. The van der Waals surface area contributed by atoms with E-state index in [-0.39, 0.29) is 31.6 Å². The van der Waals surface area contributed by atoms with Crippen LogP contribution in [0.1, 0.15) is 201 Å². The summed E-state index contributed by atoms with van der Waals surface area (Å²) in [5.41, 5.74) is 0. The number of esters is 3. The molecule has 57 heavy (non-hydrogen) atoms. The molecule has 0 heterocycles. The first-order valence-corrected chi connectivity index (χ1v) is 23.1. The van der Waals surface area contributed by atoms with E-state index in [4.69, 9.17) is 14.2 Å². The first-order valence-electron chi connectivity index (χ1n) is 23.1. The van der Waals surface area contributed by atoms with Crippen molar-refractivity contribution in [2.45, 2.75) is 207 Å². The monoisotopic (exact) mass is 793 g/mol. The Bertz CT molecular complexity index is 1140. The van der Waals surface area contributed by atoms with Gasteiger partial charge in [-0.15, -0.1) is 0 Å². The normalized spacial score (nSPS) is 12.8. The molecule has 0 aliphatic rings. The van der Waals surface area contributed by atoms with Crippen LogP contribution < -0.4 is 0 Å². The van der Waals surface area contributed by atoms with Crippen LogP contribution in [0, 0.1) is 0 Å². The number of unbranched alkanes of at least 4 members (excludes halogenated alkanes) is 17. The maximum Gasteiger partial charge on any atom is 0.309 e. The first kappa shape index (κ1) is 53.6. The molecule has 0 radical (unpaired) electrons. The lowest BCUT2D eigenvalue weighted by atomic mass is 10.1. The predicted molar refractivity (Wildman–Crippen MR) is 242 cm³/mol. The smallest absolute Gasteiger partial charge is 0.309 e. The van der Waals surface area contributed by atoms with E-state index in [1.807, 2.05) is 6.08 Å². The van der Waals surface area contributed by atoms with Gasteiger partial charge in [0.25, 0.3) is 0 Å². The van der Waals surface area contributed by atoms with Crippen molar-refractivity contribution in [3.05, 3.63) is 85.1 Å². The molecule has 0 rings (SSSR count). The summed E-state index contributed by atoms with van der Waals surface area (Å²) in [5, 5.41) is 0. The second kappa shape index (κ2) is 45.3. The molecule has 0 aromatic carbocycles. The highest BCUT2D eigenvalue weighted by atomic mass is 16.6. The summed E-state index contributed by atoms with van der Waals surface area (Å²) in [5.74, 6) is -1.08. The lowest BCUT2D eigenvalue weighted by Gasteiger charge is -2.18. The van der Waals surface area contributed by atoms with Crippen LogP contribution in [-0.2, 0) is 28.6 Å². The Kier molecular flexibility index (Phi) is 42.6. The van der Waals surface area contributed by atoms with Crippen LogP contribution in [-0.4, -0.2) is 37.2 Å². The van der Waals surface area contributed by atoms with Gasteiger partial charge in [-0.2, -0.15) is 0 Å². The molecule has 324 valence electrons. The molecule has 0 bridgehead atoms. The van der Waals surface area contributed by atoms with E-state index in [0.717, 1.165) is 109 Å². The number of allylic oxidation sites excluding steroid dienone is 13. The van der Waals surface area contributed by atoms with Gasteiger partial charge in [0.1, 0.15) is 13.2 Å². The molecule has 0 aromatic rings. The van der Waals surface area contributed by atoms with Crippen LogP contribution in [0.5, 0.6) is 0 Å². The SMILES string of the molecule is CC/C=C\C/C=C\C/C=C\CC(=O)OCC(COC(=O)CCCCCCC/C=C\C=C/CCCCCCCCC)OC(=O)CCCCCCC/C=C\C/C=C\CC. The third-order valence-corrected chi connectivity index (χ3v) is 9.43. The van der Waals surface area contributed by atoms with Crippen LogP contribution in [0.25, 0.3) is 0 Å². The van der Waals surface area contributed by atoms with Crippen LogP contribution in [0.2, 0.25) is 0 Å². The molecule has 1 atom stereocenters. The molecule has 0 spiro atoms. The molecule has 0 saturated carbocycles. The van der Waals surface area contributed by atoms with Crippen molar-refractivity contribution >= 4 is 17.9 Å². The molecule has 1 unspecified atom stereocenters. The average Bonchev–Trinajstić information content (AvgIpc) is 3.21. The van der Waals surface area contributed by atoms with E-state index in [2.05, 4.69) is 93.7 Å². The van der Waals surface area contributed by atoms with Gasteiger partial charge >= 0.3 is 17.9 Å². The fourth-order valence-corrected chi connectivity index (χ4v) is 6.00. The van der Waals surface area contributed by atoms with Gasteiger partial charge in [0.2, 0.25) is 0 Å². The molecule has 6 nitrogen and oxygen atoms in total. The Morgan fingerprint density at radius 1 is 0.404 bits per heavy atom. The van der Waals surface area contributed by atoms with Crippen LogP contribution in [0.4, 0.5) is 0 Å². The average molecular weight is 793 g/mol. The largest absolute Gasteiger partial charge is 0.462 e. The Balaban J connectivity index is 4.43. The molecule has 0 aromatic heterocycles. The Morgan fingerprint density at radius 2 is 0.807 bits per heavy atom. The maximum absolute atomic E-state index is 12.7. The third kappa shape index (κ3) is 43.6. The maximum atomic E-state index is 12.7. The molecule has 0 fully saturated rings. The van der Waals surface area contributed by atoms with Crippen molar-refractivity contribution in [3.63, 3.8) is 0 Å². The van der Waals surface area contributed by atoms with Crippen molar-refractivity contribution < 1.29 is 28.6 Å². The van der Waals surface area contributed by atoms with E-state index < -0.39 is 12.1 Å². The number of carbonyl (C=O) groups is 3. The van der Waals surface area contributed by atoms with E-state index in [0.29, 0.717) is 12.8 Å². The molecule has 6 heteroatoms. The van der Waals surface area contributed by atoms with Crippen LogP contribution >= 0.6 is 0 Å². The Labute approximate surface area is 350 Å². The van der Waals surface area contributed by atoms with Gasteiger partial charge in [-0.3, -0.25) is 14.4 Å². The highest BCUT2D eigenvalue weighted by Crippen LogP contribution is 2.12. The third-order valence-electron chi connectivity index (χ3n) is 9.43. The van der Waals surface area contributed by atoms with E-state index >= 15 is 0 Å². The lowest BCUT2D eigenvalue weighted by molar-refractivity contribution is -0.166. The topological polar surface area (TPSA) is 78.9 Å². The molecule has 0 aliphatic carbocycles. The molecule has 0 amide bonds. The highest BCUT2D eigenvalue weighted by Gasteiger charge is 2.19. The summed E-state index contributed by atoms with van der Waals surface area (Å²) in [6.07, 6.45) is 57.5. The summed E-state index contributed by atoms with van der Waals surface area (Å²) < 4.78 is 16.6. The number of rotatable bonds is 40. The zero-order chi connectivity index (χ0) is 41.5. The fraction of sp³-hybridized carbons (Fsp3) is 0.667. The fourth-order valence-electron chi connectivity index (χ4n) is 6.00. The van der Waals surface area contributed by atoms with E-state index in [1.165, 1.54) is 51.4 Å². The van der Waals surface area contributed by atoms with Crippen molar-refractivity contribution in [1.29, 1.82) is 0 Å². The summed E-state index contributed by atoms with van der Waals surface area (Å²) in [4.78, 5) is 37.6. The van der Waals surface area contributed by atoms with Crippen LogP contribution in [0.15, 0.2) is 85.1 Å². The second-order valence-corrected chi connectivity index (χ2v) is 14.9. The van der Waals surface area contributed by atoms with Gasteiger partial charge in [0.05, 0.1) is 6.42 Å². The van der Waals surface area contributed by atoms with Gasteiger partial charge in [0, 0.05) is 12.8 Å². The van der Waals surface area contributed by atoms with Crippen LogP contribution in [0.3, 0.4) is 0 Å². The van der Waals surface area contributed by atoms with Crippen molar-refractivity contribution in [1.82, 2.24) is 0 Å². The minimum absolute atomic E-state index is 0.119. The van der Waals surface area contributed by atoms with E-state index in [9.17, 15) is 14.4 Å². The lowest BCUT2D eigenvalue weighted by Crippen LogP contribution is -2.30. The summed E-state index contributed by atoms with van der Waals surface area (Å²) in [6.45, 7) is 6.26. The standard InChI is InChI=1S/C51H84O6/c1-4-7-10-13-16-19-21-23-24-25-26-27-28-30-32-35-38-41-44-50(53)56-47-48(46-55-49(52)43-40-37-34-31-18-15-12-9-6-3)57-51(54)45-42-39-36-33-29-22-20-17-14-11-8-5-2/h8-9,11-12,17-18,20,24-27,31,37,40,48H,4-7,10,13-16,19,21-23,28-30,32-36,38-39,41-47H2,1-3H3/b11-8-,12-9-,20-17-,25-24-,27-26-,31-18-,40-37-.